The second-order valence-electron chi connectivity index (χ2n) is 24.8. The van der Waals surface area contributed by atoms with E-state index < -0.39 is 18.4 Å². The van der Waals surface area contributed by atoms with E-state index in [-0.39, 0.29) is 126 Å². The molecule has 3 aliphatic heterocycles. The molecule has 0 aromatic carbocycles. The maximum absolute atomic E-state index is 12.2. The number of halogens is 6. The third-order valence-electron chi connectivity index (χ3n) is 17.0. The quantitative estimate of drug-likeness (QED) is 0.0124. The number of nitrogen functional groups attached to an aromatic ring is 2. The van der Waals surface area contributed by atoms with Crippen molar-refractivity contribution in [2.24, 2.45) is 11.8 Å². The van der Waals surface area contributed by atoms with Gasteiger partial charge in [-0.1, -0.05) is 129 Å². The number of aromatic nitrogens is 20. The van der Waals surface area contributed by atoms with E-state index in [0.29, 0.717) is 123 Å². The number of hydrogen-bond donors (Lipinski definition) is 9. The number of imidazole rings is 5. The van der Waals surface area contributed by atoms with Crippen molar-refractivity contribution in [3.63, 3.8) is 0 Å². The normalized spacial score (nSPS) is 19.5. The van der Waals surface area contributed by atoms with E-state index in [4.69, 9.17) is 100 Å². The summed E-state index contributed by atoms with van der Waals surface area (Å²) in [5.74, 6) is 2.46. The first-order valence-corrected chi connectivity index (χ1v) is 37.0. The zero-order chi connectivity index (χ0) is 75.0. The van der Waals surface area contributed by atoms with Crippen LogP contribution in [0.2, 0.25) is 26.4 Å². The Morgan fingerprint density at radius 3 is 1.50 bits per heavy atom. The van der Waals surface area contributed by atoms with Crippen molar-refractivity contribution in [1.29, 1.82) is 0 Å². The summed E-state index contributed by atoms with van der Waals surface area (Å²) in [5.41, 5.74) is 16.2. The first-order valence-electron chi connectivity index (χ1n) is 34.7. The molecule has 13 rings (SSSR count). The Bertz CT molecular complexity index is 4300. The van der Waals surface area contributed by atoms with Crippen molar-refractivity contribution < 1.29 is 90.2 Å². The van der Waals surface area contributed by atoms with Crippen molar-refractivity contribution in [1.82, 2.24) is 98.8 Å². The van der Waals surface area contributed by atoms with Gasteiger partial charge in [-0.3, -0.25) is 23.5 Å². The fraction of sp³-hybridized carbons (Fsp3) is 0.569. The van der Waals surface area contributed by atoms with Gasteiger partial charge in [0.1, 0.15) is 46.5 Å². The van der Waals surface area contributed by atoms with Gasteiger partial charge in [0.05, 0.1) is 50.2 Å². The molecule has 13 heterocycles. The fourth-order valence-corrected chi connectivity index (χ4v) is 12.8. The van der Waals surface area contributed by atoms with Crippen LogP contribution in [-0.2, 0) is 28.6 Å². The van der Waals surface area contributed by atoms with Gasteiger partial charge < -0.3 is 76.8 Å². The Balaban J connectivity index is 0.000000181. The van der Waals surface area contributed by atoms with Gasteiger partial charge in [0.25, 0.3) is 0 Å². The Morgan fingerprint density at radius 2 is 0.981 bits per heavy atom. The standard InChI is InChI=1S/C19H28ClN5O2.2C12H16ClN5O.C10H12ClN5O3.C7H13ClO.C5H4ClN5.K/c1-4-6-7-8-9-14(26)22-17-16-18(24-19(20)23-17)25(11-21-16)15-10-12(3)13(5-2)27-15;2*1-2-3-4-5-6-8(19)16-11-9-10(15-7-14-9)17-12(13)18-11;11-10-14-8(12)7-9(15-10)16(3-13-7)6-1-4(18)5(2-17)19-6;1-3-6-5(2)4-7(8)9-6;6-5-10-3(7)2-4(11-5)9-1-8-2;/h11-13,15H,4-10H2,1-3H3,(H,22,23,24,26);2*7H,2-6H2,1H3,(H2,14,15,16,17,18,19);3-6,17-18H,1-2H2,(H2,12,14,15);5-7H,3-4H2,1-2H3;1H,(H3,7,8,9,10,11);/q;;;;;;+1/p-1/t12?,13-,15-;;;4?,5-,6-;5?,6-,7+;;/m1..11../s1. The number of H-pyrrole nitrogens is 2. The van der Waals surface area contributed by atoms with Crippen LogP contribution < -0.4 is 83.8 Å². The van der Waals surface area contributed by atoms with E-state index in [1.54, 1.807) is 10.9 Å². The molecule has 0 bridgehead atoms. The second kappa shape index (κ2) is 43.2. The number of ether oxygens (including phenoxy) is 3. The van der Waals surface area contributed by atoms with Crippen LogP contribution in [0, 0.1) is 11.8 Å². The fourth-order valence-electron chi connectivity index (χ4n) is 11.5. The number of nitrogens with one attached hydrogen (secondary N) is 5. The maximum atomic E-state index is 12.2. The minimum Gasteiger partial charge on any atom is -0.394 e. The molecule has 33 nitrogen and oxygen atoms in total. The maximum Gasteiger partial charge on any atom is 1.00 e. The van der Waals surface area contributed by atoms with Crippen LogP contribution in [-0.4, -0.2) is 158 Å². The third-order valence-corrected chi connectivity index (χ3v) is 18.1. The summed E-state index contributed by atoms with van der Waals surface area (Å²) in [6.45, 7) is 14.8. The van der Waals surface area contributed by atoms with Crippen molar-refractivity contribution in [3.05, 3.63) is 58.1 Å². The Morgan fingerprint density at radius 1 is 0.533 bits per heavy atom. The molecule has 3 aliphatic rings. The summed E-state index contributed by atoms with van der Waals surface area (Å²) >= 11 is 34.7. The number of alkyl halides is 1. The summed E-state index contributed by atoms with van der Waals surface area (Å²) in [6.07, 6.45) is 24.6. The summed E-state index contributed by atoms with van der Waals surface area (Å²) < 4.78 is 20.6. The molecule has 0 radical (unpaired) electrons. The SMILES string of the molecule is CCCCCCC(=O)Nc1nc(Cl)nc2[n-]cnc12.CCCCCCC(=O)Nc1nc(Cl)nc2c1ncn2[C@H]1CC(C)[C@@H](CC)O1.CCCCCCC(=O)Nc1nc(Cl)nc2nc[nH]c12.CC[C@H]1O[C@H](Cl)CC1C.Nc1nc(Cl)nc2c1ncn2[C@H]1CC(O)[C@@H](CO)O1.Nc1nc(Cl)nc2nc[nH]c12.[K+]. The van der Waals surface area contributed by atoms with Crippen LogP contribution in [0.3, 0.4) is 0 Å². The van der Waals surface area contributed by atoms with Crippen molar-refractivity contribution in [2.45, 2.75) is 219 Å². The van der Waals surface area contributed by atoms with Gasteiger partial charge in [-0.05, 0) is 110 Å². The molecule has 3 fully saturated rings. The molecule has 0 spiro atoms. The topological polar surface area (TPSA) is 456 Å². The molecule has 105 heavy (non-hydrogen) atoms. The van der Waals surface area contributed by atoms with Crippen LogP contribution >= 0.6 is 69.6 Å². The number of carbonyl (C=O) groups excluding carboxylic acids is 3. The Hall–Kier alpha value is -6.06. The van der Waals surface area contributed by atoms with E-state index in [1.165, 1.54) is 25.3 Å². The largest absolute Gasteiger partial charge is 1.00 e. The van der Waals surface area contributed by atoms with Gasteiger partial charge in [0.2, 0.25) is 38.9 Å². The van der Waals surface area contributed by atoms with Crippen molar-refractivity contribution in [2.75, 3.05) is 34.0 Å². The summed E-state index contributed by atoms with van der Waals surface area (Å²) in [5, 5.41) is 27.5. The van der Waals surface area contributed by atoms with Gasteiger partial charge in [0, 0.05) is 36.8 Å². The van der Waals surface area contributed by atoms with Gasteiger partial charge in [-0.15, -0.1) is 0 Å². The molecule has 10 aromatic rings. The molecular weight excluding hydrogens is 1510 g/mol. The predicted molar refractivity (Wildman–Crippen MR) is 399 cm³/mol. The van der Waals surface area contributed by atoms with Crippen LogP contribution in [0.4, 0.5) is 29.1 Å². The number of anilines is 5. The van der Waals surface area contributed by atoms with E-state index in [2.05, 4.69) is 154 Å². The number of aliphatic hydroxyl groups excluding tert-OH is 2. The van der Waals surface area contributed by atoms with Crippen molar-refractivity contribution in [3.8, 4) is 0 Å². The third kappa shape index (κ3) is 25.0. The average molecular weight is 1600 g/mol. The molecular formula is C65H88Cl6KN25O8. The number of nitrogens with two attached hydrogens (primary N) is 2. The summed E-state index contributed by atoms with van der Waals surface area (Å²) in [7, 11) is 0. The van der Waals surface area contributed by atoms with Crippen LogP contribution in [0.1, 0.15) is 189 Å². The molecule has 9 atom stereocenters. The van der Waals surface area contributed by atoms with E-state index in [9.17, 15) is 19.5 Å². The zero-order valence-electron chi connectivity index (χ0n) is 59.7. The monoisotopic (exact) mass is 1600 g/mol. The van der Waals surface area contributed by atoms with E-state index in [0.717, 1.165) is 103 Å². The number of nitrogens with zero attached hydrogens (tertiary/aromatic N) is 18. The van der Waals surface area contributed by atoms with Crippen LogP contribution in [0.25, 0.3) is 55.8 Å². The number of unbranched alkanes of at least 4 members (excludes halogenated alkanes) is 9. The van der Waals surface area contributed by atoms with Gasteiger partial charge >= 0.3 is 51.4 Å². The molecule has 0 saturated carbocycles. The number of amides is 3. The van der Waals surface area contributed by atoms with E-state index in [1.807, 2.05) is 4.57 Å². The summed E-state index contributed by atoms with van der Waals surface area (Å²) in [4.78, 5) is 106. The Kier molecular flexibility index (Phi) is 35.5. The first kappa shape index (κ1) is 86.2. The summed E-state index contributed by atoms with van der Waals surface area (Å²) in [6, 6.07) is 0. The predicted octanol–water partition coefficient (Wildman–Crippen LogP) is 9.86. The van der Waals surface area contributed by atoms with Gasteiger partial charge in [0.15, 0.2) is 56.7 Å². The zero-order valence-corrected chi connectivity index (χ0v) is 67.4. The number of fused-ring (bicyclic) bond motifs is 5. The first-order chi connectivity index (χ1) is 50.0. The van der Waals surface area contributed by atoms with Crippen LogP contribution in [0.5, 0.6) is 0 Å². The number of aromatic amines is 2. The minimum atomic E-state index is -0.734. The molecule has 11 N–H and O–H groups in total. The molecule has 564 valence electrons. The molecule has 40 heteroatoms. The molecule has 10 aromatic heterocycles. The molecule has 3 amide bonds. The number of rotatable bonds is 23. The van der Waals surface area contributed by atoms with Gasteiger partial charge in [-0.25, -0.2) is 24.9 Å². The molecule has 0 aliphatic carbocycles. The average Bonchev–Trinajstić information content (AvgIpc) is 1.64. The van der Waals surface area contributed by atoms with Gasteiger partial charge in [-0.2, -0.15) is 39.9 Å². The number of carbonyl (C=O) groups is 3. The minimum absolute atomic E-state index is 0. The van der Waals surface area contributed by atoms with E-state index >= 15 is 0 Å². The number of hydrogen-bond acceptors (Lipinski definition) is 25. The molecule has 3 unspecified atom stereocenters. The van der Waals surface area contributed by atoms with Crippen molar-refractivity contribution >= 4 is 172 Å². The Labute approximate surface area is 678 Å². The van der Waals surface area contributed by atoms with Crippen LogP contribution in [0.15, 0.2) is 31.6 Å². The smallest absolute Gasteiger partial charge is 0.394 e. The molecule has 3 saturated heterocycles. The second-order valence-corrected chi connectivity index (χ2v) is 27.0. The number of aliphatic hydroxyl groups is 2.